The van der Waals surface area contributed by atoms with Crippen molar-refractivity contribution >= 4 is 11.8 Å². The van der Waals surface area contributed by atoms with E-state index in [-0.39, 0.29) is 17.9 Å². The summed E-state index contributed by atoms with van der Waals surface area (Å²) in [5, 5.41) is 0. The molecule has 2 aliphatic heterocycles. The predicted octanol–water partition coefficient (Wildman–Crippen LogP) is 2.56. The summed E-state index contributed by atoms with van der Waals surface area (Å²) in [7, 11) is 0. The fraction of sp³-hybridized carbons (Fsp3) is 0.733. The lowest BCUT2D eigenvalue weighted by atomic mass is 10.0. The number of carbonyl (C=O) groups excluding carboxylic acids is 2. The number of Topliss-reactive ketones (excluding diaryl/α,β-unsaturated/α-hetero) is 1. The molecule has 2 aliphatic rings. The highest BCUT2D eigenvalue weighted by molar-refractivity contribution is 5.84. The van der Waals surface area contributed by atoms with Gasteiger partial charge in [0.05, 0.1) is 18.8 Å². The number of carbonyl (C=O) groups is 2. The van der Waals surface area contributed by atoms with Gasteiger partial charge in [0, 0.05) is 25.3 Å². The van der Waals surface area contributed by atoms with Gasteiger partial charge in [0.15, 0.2) is 0 Å². The van der Waals surface area contributed by atoms with Crippen LogP contribution in [0, 0.1) is 0 Å². The van der Waals surface area contributed by atoms with Gasteiger partial charge in [-0.2, -0.15) is 0 Å². The monoisotopic (exact) mass is 266 g/mol. The zero-order valence-electron chi connectivity index (χ0n) is 11.3. The Morgan fingerprint density at radius 2 is 1.79 bits per heavy atom. The maximum Gasteiger partial charge on any atom is 0.330 e. The van der Waals surface area contributed by atoms with Gasteiger partial charge in [0.2, 0.25) is 0 Å². The smallest absolute Gasteiger partial charge is 0.330 e. The van der Waals surface area contributed by atoms with Crippen LogP contribution in [0.1, 0.15) is 51.4 Å². The van der Waals surface area contributed by atoms with Gasteiger partial charge in [-0.3, -0.25) is 4.79 Å². The Kier molecular flexibility index (Phi) is 5.58. The first-order valence-electron chi connectivity index (χ1n) is 7.26. The average molecular weight is 266 g/mol. The van der Waals surface area contributed by atoms with Gasteiger partial charge in [-0.1, -0.05) is 25.3 Å². The number of fused-ring (bicyclic) bond motifs is 1. The molecule has 2 heterocycles. The number of hydrogen-bond acceptors (Lipinski definition) is 4. The van der Waals surface area contributed by atoms with E-state index in [1.54, 1.807) is 6.08 Å². The summed E-state index contributed by atoms with van der Waals surface area (Å²) >= 11 is 0. The van der Waals surface area contributed by atoms with E-state index in [9.17, 15) is 9.59 Å². The van der Waals surface area contributed by atoms with E-state index in [0.29, 0.717) is 25.6 Å². The highest BCUT2D eigenvalue weighted by atomic mass is 16.6. The summed E-state index contributed by atoms with van der Waals surface area (Å²) in [6, 6.07) is 0. The lowest BCUT2D eigenvalue weighted by Gasteiger charge is -2.02. The van der Waals surface area contributed by atoms with Crippen LogP contribution in [-0.2, 0) is 19.1 Å². The molecular weight excluding hydrogens is 244 g/mol. The van der Waals surface area contributed by atoms with Gasteiger partial charge in [0.1, 0.15) is 5.78 Å². The van der Waals surface area contributed by atoms with Crippen LogP contribution in [0.3, 0.4) is 0 Å². The van der Waals surface area contributed by atoms with E-state index >= 15 is 0 Å². The second kappa shape index (κ2) is 7.43. The van der Waals surface area contributed by atoms with Crippen molar-refractivity contribution in [1.82, 2.24) is 0 Å². The van der Waals surface area contributed by atoms with Gasteiger partial charge in [-0.15, -0.1) is 0 Å². The Bertz CT molecular complexity index is 348. The topological polar surface area (TPSA) is 55.9 Å². The minimum absolute atomic E-state index is 0.196. The molecule has 0 aromatic carbocycles. The molecule has 2 rings (SSSR count). The molecule has 2 unspecified atom stereocenters. The van der Waals surface area contributed by atoms with Crippen LogP contribution in [0.15, 0.2) is 12.2 Å². The molecule has 0 aromatic rings. The van der Waals surface area contributed by atoms with Gasteiger partial charge < -0.3 is 9.47 Å². The minimum atomic E-state index is -0.364. The van der Waals surface area contributed by atoms with Crippen molar-refractivity contribution in [3.63, 3.8) is 0 Å². The van der Waals surface area contributed by atoms with Crippen LogP contribution in [-0.4, -0.2) is 30.6 Å². The molecule has 0 amide bonds. The first kappa shape index (κ1) is 14.3. The zero-order chi connectivity index (χ0) is 13.5. The number of epoxide rings is 1. The van der Waals surface area contributed by atoms with Gasteiger partial charge in [-0.05, 0) is 12.8 Å². The Morgan fingerprint density at radius 1 is 1.00 bits per heavy atom. The van der Waals surface area contributed by atoms with Crippen molar-refractivity contribution in [2.75, 3.05) is 6.61 Å². The molecule has 0 aliphatic carbocycles. The molecule has 1 fully saturated rings. The third-order valence-corrected chi connectivity index (χ3v) is 3.63. The molecule has 0 bridgehead atoms. The number of ketones is 1. The normalized spacial score (nSPS) is 32.2. The minimum Gasteiger partial charge on any atom is -0.462 e. The van der Waals surface area contributed by atoms with Crippen molar-refractivity contribution in [3.05, 3.63) is 12.2 Å². The zero-order valence-corrected chi connectivity index (χ0v) is 11.3. The molecule has 0 radical (unpaired) electrons. The van der Waals surface area contributed by atoms with E-state index in [1.807, 2.05) is 0 Å². The summed E-state index contributed by atoms with van der Waals surface area (Å²) in [6.45, 7) is 0.401. The second-order valence-electron chi connectivity index (χ2n) is 5.27. The van der Waals surface area contributed by atoms with E-state index in [1.165, 1.54) is 12.5 Å². The maximum absolute atomic E-state index is 11.5. The van der Waals surface area contributed by atoms with E-state index in [4.69, 9.17) is 9.47 Å². The van der Waals surface area contributed by atoms with Crippen LogP contribution in [0.5, 0.6) is 0 Å². The van der Waals surface area contributed by atoms with Crippen LogP contribution in [0.4, 0.5) is 0 Å². The van der Waals surface area contributed by atoms with Crippen molar-refractivity contribution in [2.45, 2.75) is 63.6 Å². The third-order valence-electron chi connectivity index (χ3n) is 3.63. The van der Waals surface area contributed by atoms with Gasteiger partial charge in [0.25, 0.3) is 0 Å². The average Bonchev–Trinajstić information content (AvgIpc) is 3.11. The Hall–Kier alpha value is -1.16. The quantitative estimate of drug-likeness (QED) is 0.499. The molecule has 4 heteroatoms. The number of allylic oxidation sites excluding steroid dienone is 1. The Balaban J connectivity index is 1.77. The second-order valence-corrected chi connectivity index (χ2v) is 5.27. The summed E-state index contributed by atoms with van der Waals surface area (Å²) < 4.78 is 10.6. The molecule has 0 saturated carbocycles. The molecule has 0 aromatic heterocycles. The molecule has 19 heavy (non-hydrogen) atoms. The van der Waals surface area contributed by atoms with Crippen molar-refractivity contribution in [3.8, 4) is 0 Å². The van der Waals surface area contributed by atoms with Crippen LogP contribution in [0.25, 0.3) is 0 Å². The third kappa shape index (κ3) is 5.55. The van der Waals surface area contributed by atoms with E-state index in [2.05, 4.69) is 0 Å². The van der Waals surface area contributed by atoms with Crippen LogP contribution >= 0.6 is 0 Å². The van der Waals surface area contributed by atoms with Crippen LogP contribution < -0.4 is 0 Å². The summed E-state index contributed by atoms with van der Waals surface area (Å²) in [4.78, 5) is 22.9. The van der Waals surface area contributed by atoms with Gasteiger partial charge >= 0.3 is 5.97 Å². The van der Waals surface area contributed by atoms with E-state index in [0.717, 1.165) is 32.1 Å². The fourth-order valence-electron chi connectivity index (χ4n) is 2.42. The summed E-state index contributed by atoms with van der Waals surface area (Å²) in [5.74, 6) is -0.168. The molecular formula is C15H22O4. The predicted molar refractivity (Wildman–Crippen MR) is 70.7 cm³/mol. The number of ether oxygens (including phenoxy) is 2. The van der Waals surface area contributed by atoms with Gasteiger partial charge in [-0.25, -0.2) is 4.79 Å². The van der Waals surface area contributed by atoms with Crippen molar-refractivity contribution < 1.29 is 19.1 Å². The lowest BCUT2D eigenvalue weighted by Crippen LogP contribution is -2.06. The molecule has 1 saturated heterocycles. The summed E-state index contributed by atoms with van der Waals surface area (Å²) in [6.07, 6.45) is 10.8. The highest BCUT2D eigenvalue weighted by Crippen LogP contribution is 2.30. The van der Waals surface area contributed by atoms with E-state index < -0.39 is 0 Å². The Labute approximate surface area is 114 Å². The molecule has 2 atom stereocenters. The molecule has 4 nitrogen and oxygen atoms in total. The van der Waals surface area contributed by atoms with Crippen molar-refractivity contribution in [2.24, 2.45) is 0 Å². The maximum atomic E-state index is 11.5. The highest BCUT2D eigenvalue weighted by Gasteiger charge is 2.37. The number of cyclic esters (lactones) is 1. The molecule has 106 valence electrons. The number of rotatable bonds is 0. The first-order chi connectivity index (χ1) is 9.25. The van der Waals surface area contributed by atoms with Crippen molar-refractivity contribution in [1.29, 1.82) is 0 Å². The molecule has 0 N–H and O–H groups in total. The largest absolute Gasteiger partial charge is 0.462 e. The number of hydrogen-bond donors (Lipinski definition) is 0. The molecule has 0 spiro atoms. The fourth-order valence-corrected chi connectivity index (χ4v) is 2.42. The van der Waals surface area contributed by atoms with Crippen LogP contribution in [0.2, 0.25) is 0 Å². The first-order valence-corrected chi connectivity index (χ1v) is 7.26. The summed E-state index contributed by atoms with van der Waals surface area (Å²) in [5.41, 5.74) is 0. The number of esters is 1. The lowest BCUT2D eigenvalue weighted by molar-refractivity contribution is -0.137. The Morgan fingerprint density at radius 3 is 2.68 bits per heavy atom. The SMILES string of the molecule is O=C1C/C=C/C(=O)OCCC2OC2CCCCCC1. The standard InChI is InChI=1S/C15H22O4/c16-12-6-3-1-2-4-8-13-14(19-13)10-11-18-15(17)9-5-7-12/h5,9,13-14H,1-4,6-8,10-11H2/b9-5+.